The molecule has 1 atom stereocenters. The largest absolute Gasteiger partial charge is 0.444 e. The molecule has 9 nitrogen and oxygen atoms in total. The van der Waals surface area contributed by atoms with Gasteiger partial charge in [-0.1, -0.05) is 61.9 Å². The summed E-state index contributed by atoms with van der Waals surface area (Å²) in [5.74, 6) is 0.152. The number of hydrogen-bond acceptors (Lipinski definition) is 6. The second-order valence-corrected chi connectivity index (χ2v) is 11.4. The van der Waals surface area contributed by atoms with E-state index < -0.39 is 17.7 Å². The molecule has 214 valence electrons. The number of carbonyl (C=O) groups is 2. The summed E-state index contributed by atoms with van der Waals surface area (Å²) in [6.07, 6.45) is -0.0344. The Morgan fingerprint density at radius 1 is 1.00 bits per heavy atom. The van der Waals surface area contributed by atoms with Crippen LogP contribution in [0.1, 0.15) is 80.1 Å². The van der Waals surface area contributed by atoms with Crippen molar-refractivity contribution < 1.29 is 14.3 Å². The molecule has 0 radical (unpaired) electrons. The van der Waals surface area contributed by atoms with E-state index >= 15 is 0 Å². The quantitative estimate of drug-likeness (QED) is 0.356. The Morgan fingerprint density at radius 2 is 1.65 bits per heavy atom. The highest BCUT2D eigenvalue weighted by molar-refractivity contribution is 5.94. The first-order chi connectivity index (χ1) is 18.9. The van der Waals surface area contributed by atoms with Crippen LogP contribution in [0.25, 0.3) is 0 Å². The maximum absolute atomic E-state index is 14.0. The minimum Gasteiger partial charge on any atom is -0.444 e. The van der Waals surface area contributed by atoms with E-state index in [1.54, 1.807) is 49.3 Å². The molecule has 3 aromatic rings. The van der Waals surface area contributed by atoms with Crippen molar-refractivity contribution in [1.82, 2.24) is 25.0 Å². The van der Waals surface area contributed by atoms with Gasteiger partial charge in [0.25, 0.3) is 11.5 Å². The molecule has 1 aromatic heterocycles. The molecular formula is C31H41N5O4. The van der Waals surface area contributed by atoms with Crippen molar-refractivity contribution in [2.24, 2.45) is 5.92 Å². The van der Waals surface area contributed by atoms with Crippen LogP contribution in [-0.4, -0.2) is 50.4 Å². The Bertz CT molecular complexity index is 1340. The molecular weight excluding hydrogens is 506 g/mol. The summed E-state index contributed by atoms with van der Waals surface area (Å²) in [7, 11) is 0. The number of amides is 2. The van der Waals surface area contributed by atoms with E-state index in [4.69, 9.17) is 4.74 Å². The number of nitrogens with zero attached hydrogens (tertiary/aromatic N) is 4. The van der Waals surface area contributed by atoms with Crippen molar-refractivity contribution in [3.05, 3.63) is 93.2 Å². The lowest BCUT2D eigenvalue weighted by Gasteiger charge is -2.35. The highest BCUT2D eigenvalue weighted by atomic mass is 16.6. The molecule has 40 heavy (non-hydrogen) atoms. The fourth-order valence-corrected chi connectivity index (χ4v) is 4.44. The van der Waals surface area contributed by atoms with Gasteiger partial charge in [0.2, 0.25) is 0 Å². The molecule has 1 unspecified atom stereocenters. The van der Waals surface area contributed by atoms with E-state index in [9.17, 15) is 14.4 Å². The third-order valence-electron chi connectivity index (χ3n) is 6.35. The second-order valence-electron chi connectivity index (χ2n) is 11.4. The van der Waals surface area contributed by atoms with Gasteiger partial charge in [0.15, 0.2) is 5.82 Å². The molecule has 0 bridgehead atoms. The smallest absolute Gasteiger partial charge is 0.407 e. The number of carbonyl (C=O) groups excluding carboxylic acids is 2. The Labute approximate surface area is 236 Å². The number of rotatable bonds is 10. The first-order valence-electron chi connectivity index (χ1n) is 13.7. The minimum absolute atomic E-state index is 0.0911. The van der Waals surface area contributed by atoms with Crippen LogP contribution < -0.4 is 10.9 Å². The van der Waals surface area contributed by atoms with Gasteiger partial charge in [-0.2, -0.15) is 0 Å². The normalized spacial score (nSPS) is 12.2. The number of hydrogen-bond donors (Lipinski definition) is 1. The number of aryl methyl sites for hydroxylation is 2. The Morgan fingerprint density at radius 3 is 2.25 bits per heavy atom. The second kappa shape index (κ2) is 13.4. The SMILES string of the molecule is Cc1ccc(C(=O)N(CCCNC(=O)OC(C)(C)C)C(c2nnc(C)c(=O)n2Cc2ccccc2)C(C)C)cc1. The Kier molecular flexibility index (Phi) is 10.2. The average Bonchev–Trinajstić information content (AvgIpc) is 2.89. The van der Waals surface area contributed by atoms with Crippen molar-refractivity contribution in [2.45, 2.75) is 73.1 Å². The highest BCUT2D eigenvalue weighted by Crippen LogP contribution is 2.29. The van der Waals surface area contributed by atoms with E-state index in [1.807, 2.05) is 63.2 Å². The van der Waals surface area contributed by atoms with Crippen molar-refractivity contribution in [2.75, 3.05) is 13.1 Å². The zero-order valence-corrected chi connectivity index (χ0v) is 24.6. The van der Waals surface area contributed by atoms with E-state index in [1.165, 1.54) is 0 Å². The summed E-state index contributed by atoms with van der Waals surface area (Å²) >= 11 is 0. The predicted octanol–water partition coefficient (Wildman–Crippen LogP) is 5.06. The summed E-state index contributed by atoms with van der Waals surface area (Å²) in [5.41, 5.74) is 1.97. The molecule has 0 saturated carbocycles. The van der Waals surface area contributed by atoms with Crippen LogP contribution in [0.3, 0.4) is 0 Å². The lowest BCUT2D eigenvalue weighted by Crippen LogP contribution is -2.43. The van der Waals surface area contributed by atoms with E-state index in [2.05, 4.69) is 15.5 Å². The predicted molar refractivity (Wildman–Crippen MR) is 155 cm³/mol. The van der Waals surface area contributed by atoms with Crippen molar-refractivity contribution >= 4 is 12.0 Å². The molecule has 0 saturated heterocycles. The van der Waals surface area contributed by atoms with Crippen LogP contribution in [0.2, 0.25) is 0 Å². The Balaban J connectivity index is 1.99. The lowest BCUT2D eigenvalue weighted by atomic mass is 9.99. The van der Waals surface area contributed by atoms with Gasteiger partial charge in [-0.25, -0.2) is 4.79 Å². The standard InChI is InChI=1S/C31H41N5O4/c1-21(2)26(27-34-33-23(4)28(37)36(27)20-24-12-9-8-10-13-24)35(29(38)25-16-14-22(3)15-17-25)19-11-18-32-30(39)40-31(5,6)7/h8-10,12-17,21,26H,11,18-20H2,1-7H3,(H,32,39). The zero-order valence-electron chi connectivity index (χ0n) is 24.6. The van der Waals surface area contributed by atoms with Crippen molar-refractivity contribution in [1.29, 1.82) is 0 Å². The molecule has 0 aliphatic carbocycles. The van der Waals surface area contributed by atoms with E-state index in [0.717, 1.165) is 11.1 Å². The third kappa shape index (κ3) is 8.24. The van der Waals surface area contributed by atoms with Crippen LogP contribution >= 0.6 is 0 Å². The zero-order chi connectivity index (χ0) is 29.4. The van der Waals surface area contributed by atoms with Gasteiger partial charge in [0.05, 0.1) is 12.6 Å². The van der Waals surface area contributed by atoms with Crippen LogP contribution in [0.5, 0.6) is 0 Å². The number of ether oxygens (including phenoxy) is 1. The van der Waals surface area contributed by atoms with Crippen LogP contribution in [0.15, 0.2) is 59.4 Å². The van der Waals surface area contributed by atoms with Gasteiger partial charge in [0.1, 0.15) is 11.3 Å². The van der Waals surface area contributed by atoms with Gasteiger partial charge < -0.3 is 15.0 Å². The maximum atomic E-state index is 14.0. The summed E-state index contributed by atoms with van der Waals surface area (Å²) in [6, 6.07) is 16.5. The molecule has 2 aromatic carbocycles. The molecule has 2 amide bonds. The monoisotopic (exact) mass is 547 g/mol. The number of benzene rings is 2. The third-order valence-corrected chi connectivity index (χ3v) is 6.35. The highest BCUT2D eigenvalue weighted by Gasteiger charge is 2.33. The molecule has 3 rings (SSSR count). The summed E-state index contributed by atoms with van der Waals surface area (Å²) < 4.78 is 6.96. The van der Waals surface area contributed by atoms with Gasteiger partial charge >= 0.3 is 6.09 Å². The number of aromatic nitrogens is 3. The van der Waals surface area contributed by atoms with Crippen LogP contribution in [-0.2, 0) is 11.3 Å². The molecule has 0 spiro atoms. The average molecular weight is 548 g/mol. The van der Waals surface area contributed by atoms with Crippen LogP contribution in [0, 0.1) is 19.8 Å². The summed E-state index contributed by atoms with van der Waals surface area (Å²) in [6.45, 7) is 14.0. The van der Waals surface area contributed by atoms with Gasteiger partial charge in [-0.05, 0) is 64.7 Å². The molecule has 9 heteroatoms. The fourth-order valence-electron chi connectivity index (χ4n) is 4.44. The number of alkyl carbamates (subject to hydrolysis) is 1. The first-order valence-corrected chi connectivity index (χ1v) is 13.7. The topological polar surface area (TPSA) is 106 Å². The Hall–Kier alpha value is -4.01. The van der Waals surface area contributed by atoms with Crippen molar-refractivity contribution in [3.63, 3.8) is 0 Å². The molecule has 0 fully saturated rings. The molecule has 1 N–H and O–H groups in total. The number of nitrogens with one attached hydrogen (secondary N) is 1. The fraction of sp³-hybridized carbons (Fsp3) is 0.452. The van der Waals surface area contributed by atoms with Crippen LogP contribution in [0.4, 0.5) is 4.79 Å². The lowest BCUT2D eigenvalue weighted by molar-refractivity contribution is 0.0519. The van der Waals surface area contributed by atoms with E-state index in [-0.39, 0.29) is 17.4 Å². The summed E-state index contributed by atoms with van der Waals surface area (Å²) in [4.78, 5) is 41.3. The molecule has 0 aliphatic heterocycles. The molecule has 0 aliphatic rings. The minimum atomic E-state index is -0.604. The first kappa shape index (κ1) is 30.5. The van der Waals surface area contributed by atoms with Crippen molar-refractivity contribution in [3.8, 4) is 0 Å². The van der Waals surface area contributed by atoms with Gasteiger partial charge in [-0.3, -0.25) is 14.2 Å². The maximum Gasteiger partial charge on any atom is 0.407 e. The van der Waals surface area contributed by atoms with E-state index in [0.29, 0.717) is 43.1 Å². The molecule has 1 heterocycles. The van der Waals surface area contributed by atoms with Gasteiger partial charge in [-0.15, -0.1) is 10.2 Å². The summed E-state index contributed by atoms with van der Waals surface area (Å²) in [5, 5.41) is 11.4. The van der Waals surface area contributed by atoms with Gasteiger partial charge in [0, 0.05) is 18.7 Å².